The standard InChI is InChI=1S/C22H26N2O2/c1-26-19-9-5-8-18(14-19)20-16-24(15-17-6-3-2-4-7-17)21(25)22(20)10-12-23-13-11-22/h2-9,14,20,23H,10-13,15-16H2,1H3. The molecule has 0 bridgehead atoms. The van der Waals surface area contributed by atoms with Gasteiger partial charge in [-0.3, -0.25) is 4.79 Å². The molecule has 0 aromatic heterocycles. The van der Waals surface area contributed by atoms with Gasteiger partial charge in [0.1, 0.15) is 5.75 Å². The van der Waals surface area contributed by atoms with Gasteiger partial charge < -0.3 is 15.0 Å². The molecule has 1 unspecified atom stereocenters. The first-order chi connectivity index (χ1) is 12.7. The van der Waals surface area contributed by atoms with E-state index in [4.69, 9.17) is 4.74 Å². The molecule has 4 nitrogen and oxygen atoms in total. The van der Waals surface area contributed by atoms with Crippen molar-refractivity contribution in [3.63, 3.8) is 0 Å². The van der Waals surface area contributed by atoms with Gasteiger partial charge in [0, 0.05) is 19.0 Å². The number of carbonyl (C=O) groups is 1. The third kappa shape index (κ3) is 2.99. The van der Waals surface area contributed by atoms with Crippen LogP contribution in [0.25, 0.3) is 0 Å². The van der Waals surface area contributed by atoms with Crippen LogP contribution in [0.1, 0.15) is 29.9 Å². The van der Waals surface area contributed by atoms with Crippen LogP contribution in [-0.2, 0) is 11.3 Å². The van der Waals surface area contributed by atoms with Crippen LogP contribution in [0.5, 0.6) is 5.75 Å². The smallest absolute Gasteiger partial charge is 0.229 e. The highest BCUT2D eigenvalue weighted by atomic mass is 16.5. The van der Waals surface area contributed by atoms with Gasteiger partial charge in [0.2, 0.25) is 5.91 Å². The molecular formula is C22H26N2O2. The summed E-state index contributed by atoms with van der Waals surface area (Å²) in [6.45, 7) is 3.28. The first kappa shape index (κ1) is 17.1. The molecule has 2 aliphatic rings. The Morgan fingerprint density at radius 1 is 1.12 bits per heavy atom. The Morgan fingerprint density at radius 3 is 2.62 bits per heavy atom. The Hall–Kier alpha value is -2.33. The number of methoxy groups -OCH3 is 1. The Balaban J connectivity index is 1.67. The van der Waals surface area contributed by atoms with Gasteiger partial charge in [-0.2, -0.15) is 0 Å². The summed E-state index contributed by atoms with van der Waals surface area (Å²) < 4.78 is 5.43. The molecule has 136 valence electrons. The van der Waals surface area contributed by atoms with E-state index >= 15 is 0 Å². The second-order valence-electron chi connectivity index (χ2n) is 7.41. The van der Waals surface area contributed by atoms with E-state index < -0.39 is 0 Å². The molecule has 2 aromatic carbocycles. The third-order valence-electron chi connectivity index (χ3n) is 5.99. The van der Waals surface area contributed by atoms with Gasteiger partial charge in [0.25, 0.3) is 0 Å². The van der Waals surface area contributed by atoms with Crippen molar-refractivity contribution in [2.75, 3.05) is 26.7 Å². The van der Waals surface area contributed by atoms with Crippen LogP contribution >= 0.6 is 0 Å². The number of ether oxygens (including phenoxy) is 1. The van der Waals surface area contributed by atoms with E-state index in [0.29, 0.717) is 12.5 Å². The van der Waals surface area contributed by atoms with Gasteiger partial charge in [0.15, 0.2) is 0 Å². The fraction of sp³-hybridized carbons (Fsp3) is 0.409. The minimum absolute atomic E-state index is 0.218. The van der Waals surface area contributed by atoms with Crippen LogP contribution in [0.15, 0.2) is 54.6 Å². The normalized spacial score (nSPS) is 22.0. The lowest BCUT2D eigenvalue weighted by molar-refractivity contribution is -0.138. The number of likely N-dealkylation sites (tertiary alicyclic amines) is 1. The van der Waals surface area contributed by atoms with E-state index in [1.807, 2.05) is 30.3 Å². The van der Waals surface area contributed by atoms with Crippen molar-refractivity contribution in [1.82, 2.24) is 10.2 Å². The van der Waals surface area contributed by atoms with Gasteiger partial charge in [-0.15, -0.1) is 0 Å². The maximum Gasteiger partial charge on any atom is 0.229 e. The summed E-state index contributed by atoms with van der Waals surface area (Å²) >= 11 is 0. The number of amides is 1. The molecule has 1 atom stereocenters. The van der Waals surface area contributed by atoms with E-state index in [1.54, 1.807) is 7.11 Å². The summed E-state index contributed by atoms with van der Waals surface area (Å²) in [6, 6.07) is 18.5. The van der Waals surface area contributed by atoms with Crippen molar-refractivity contribution in [3.8, 4) is 5.75 Å². The first-order valence-corrected chi connectivity index (χ1v) is 9.41. The van der Waals surface area contributed by atoms with Crippen LogP contribution in [0.3, 0.4) is 0 Å². The molecule has 26 heavy (non-hydrogen) atoms. The molecule has 1 N–H and O–H groups in total. The SMILES string of the molecule is COc1cccc(C2CN(Cc3ccccc3)C(=O)C23CCNCC3)c1. The minimum Gasteiger partial charge on any atom is -0.497 e. The highest BCUT2D eigenvalue weighted by molar-refractivity contribution is 5.87. The lowest BCUT2D eigenvalue weighted by atomic mass is 9.68. The molecule has 1 amide bonds. The Morgan fingerprint density at radius 2 is 1.88 bits per heavy atom. The van der Waals surface area contributed by atoms with Crippen molar-refractivity contribution in [3.05, 3.63) is 65.7 Å². The molecule has 2 heterocycles. The van der Waals surface area contributed by atoms with Crippen LogP contribution in [-0.4, -0.2) is 37.6 Å². The third-order valence-corrected chi connectivity index (χ3v) is 5.99. The maximum atomic E-state index is 13.5. The molecule has 2 fully saturated rings. The largest absolute Gasteiger partial charge is 0.497 e. The molecular weight excluding hydrogens is 324 g/mol. The summed E-state index contributed by atoms with van der Waals surface area (Å²) in [5.41, 5.74) is 2.12. The average molecular weight is 350 g/mol. The zero-order valence-electron chi connectivity index (χ0n) is 15.3. The van der Waals surface area contributed by atoms with E-state index in [1.165, 1.54) is 11.1 Å². The maximum absolute atomic E-state index is 13.5. The zero-order chi connectivity index (χ0) is 18.0. The molecule has 2 saturated heterocycles. The molecule has 2 aliphatic heterocycles. The van der Waals surface area contributed by atoms with Crippen molar-refractivity contribution in [2.45, 2.75) is 25.3 Å². The molecule has 4 rings (SSSR count). The van der Waals surface area contributed by atoms with Crippen molar-refractivity contribution >= 4 is 5.91 Å². The van der Waals surface area contributed by atoms with Crippen LogP contribution in [0.2, 0.25) is 0 Å². The highest BCUT2D eigenvalue weighted by Crippen LogP contribution is 2.50. The second-order valence-corrected chi connectivity index (χ2v) is 7.41. The Bertz CT molecular complexity index is 769. The Kier molecular flexibility index (Phi) is 4.68. The zero-order valence-corrected chi connectivity index (χ0v) is 15.3. The van der Waals surface area contributed by atoms with E-state index in [9.17, 15) is 4.79 Å². The molecule has 0 aliphatic carbocycles. The van der Waals surface area contributed by atoms with Gasteiger partial charge in [-0.1, -0.05) is 42.5 Å². The summed E-state index contributed by atoms with van der Waals surface area (Å²) in [7, 11) is 1.70. The van der Waals surface area contributed by atoms with Crippen molar-refractivity contribution < 1.29 is 9.53 Å². The number of piperidine rings is 1. The Labute approximate surface area is 155 Å². The van der Waals surface area contributed by atoms with Gasteiger partial charge in [-0.05, 0) is 49.2 Å². The van der Waals surface area contributed by atoms with Gasteiger partial charge in [-0.25, -0.2) is 0 Å². The van der Waals surface area contributed by atoms with E-state index in [0.717, 1.165) is 38.2 Å². The molecule has 0 saturated carbocycles. The second kappa shape index (κ2) is 7.12. The monoisotopic (exact) mass is 350 g/mol. The lowest BCUT2D eigenvalue weighted by Crippen LogP contribution is -2.44. The fourth-order valence-corrected chi connectivity index (χ4v) is 4.60. The minimum atomic E-state index is -0.285. The quantitative estimate of drug-likeness (QED) is 0.921. The fourth-order valence-electron chi connectivity index (χ4n) is 4.60. The average Bonchev–Trinajstić information content (AvgIpc) is 2.95. The number of carbonyl (C=O) groups excluding carboxylic acids is 1. The van der Waals surface area contributed by atoms with Gasteiger partial charge >= 0.3 is 0 Å². The van der Waals surface area contributed by atoms with Crippen molar-refractivity contribution in [2.24, 2.45) is 5.41 Å². The molecule has 0 radical (unpaired) electrons. The number of nitrogens with one attached hydrogen (secondary N) is 1. The highest BCUT2D eigenvalue weighted by Gasteiger charge is 2.54. The molecule has 4 heteroatoms. The number of benzene rings is 2. The summed E-state index contributed by atoms with van der Waals surface area (Å²) in [4.78, 5) is 15.6. The number of nitrogens with zero attached hydrogens (tertiary/aromatic N) is 1. The van der Waals surface area contributed by atoms with Crippen LogP contribution in [0.4, 0.5) is 0 Å². The van der Waals surface area contributed by atoms with E-state index in [2.05, 4.69) is 34.5 Å². The number of hydrogen-bond donors (Lipinski definition) is 1. The van der Waals surface area contributed by atoms with Crippen molar-refractivity contribution in [1.29, 1.82) is 0 Å². The predicted molar refractivity (Wildman–Crippen MR) is 102 cm³/mol. The summed E-state index contributed by atoms with van der Waals surface area (Å²) in [5.74, 6) is 1.40. The first-order valence-electron chi connectivity index (χ1n) is 9.41. The van der Waals surface area contributed by atoms with Crippen LogP contribution in [0, 0.1) is 5.41 Å². The molecule has 2 aromatic rings. The molecule has 1 spiro atoms. The summed E-state index contributed by atoms with van der Waals surface area (Å²) in [6.07, 6.45) is 1.80. The van der Waals surface area contributed by atoms with Gasteiger partial charge in [0.05, 0.1) is 12.5 Å². The lowest BCUT2D eigenvalue weighted by Gasteiger charge is -2.37. The number of rotatable bonds is 4. The predicted octanol–water partition coefficient (Wildman–Crippen LogP) is 3.19. The number of hydrogen-bond acceptors (Lipinski definition) is 3. The summed E-state index contributed by atoms with van der Waals surface area (Å²) in [5, 5.41) is 3.42. The van der Waals surface area contributed by atoms with Crippen LogP contribution < -0.4 is 10.1 Å². The van der Waals surface area contributed by atoms with E-state index in [-0.39, 0.29) is 11.3 Å². The topological polar surface area (TPSA) is 41.6 Å².